The lowest BCUT2D eigenvalue weighted by molar-refractivity contribution is -0.118. The quantitative estimate of drug-likeness (QED) is 0.655. The molecule has 3 nitrogen and oxygen atoms in total. The van der Waals surface area contributed by atoms with Gasteiger partial charge in [0.2, 0.25) is 5.91 Å². The summed E-state index contributed by atoms with van der Waals surface area (Å²) in [7, 11) is 0. The van der Waals surface area contributed by atoms with Crippen LogP contribution in [0.4, 0.5) is 11.4 Å². The minimum Gasteiger partial charge on any atom is -0.399 e. The Morgan fingerprint density at radius 3 is 3.00 bits per heavy atom. The van der Waals surface area contributed by atoms with Crippen LogP contribution in [0.2, 0.25) is 0 Å². The Hall–Kier alpha value is -1.51. The summed E-state index contributed by atoms with van der Waals surface area (Å²) in [5.41, 5.74) is 8.86. The zero-order valence-corrected chi connectivity index (χ0v) is 11.1. The van der Waals surface area contributed by atoms with Crippen molar-refractivity contribution in [3.8, 4) is 0 Å². The number of carbonyl (C=O) groups excluding carboxylic acids is 1. The molecule has 0 spiro atoms. The molecule has 98 valence electrons. The van der Waals surface area contributed by atoms with Gasteiger partial charge in [-0.05, 0) is 43.0 Å². The molecule has 1 aromatic rings. The normalized spacial score (nSPS) is 14.4. The van der Waals surface area contributed by atoms with Crippen LogP contribution in [0.5, 0.6) is 0 Å². The van der Waals surface area contributed by atoms with Crippen molar-refractivity contribution >= 4 is 17.3 Å². The van der Waals surface area contributed by atoms with E-state index in [4.69, 9.17) is 5.73 Å². The van der Waals surface area contributed by atoms with E-state index >= 15 is 0 Å². The van der Waals surface area contributed by atoms with Gasteiger partial charge in [-0.2, -0.15) is 0 Å². The first-order chi connectivity index (χ1) is 8.72. The van der Waals surface area contributed by atoms with E-state index in [1.807, 2.05) is 23.1 Å². The van der Waals surface area contributed by atoms with Crippen molar-refractivity contribution in [2.75, 3.05) is 17.2 Å². The molecule has 18 heavy (non-hydrogen) atoms. The second kappa shape index (κ2) is 5.89. The number of nitrogen functional groups attached to an aromatic ring is 1. The molecular formula is C15H22N2O. The topological polar surface area (TPSA) is 46.3 Å². The maximum Gasteiger partial charge on any atom is 0.226 e. The number of fused-ring (bicyclic) bond motifs is 1. The van der Waals surface area contributed by atoms with Gasteiger partial charge in [-0.25, -0.2) is 0 Å². The molecule has 0 bridgehead atoms. The fraction of sp³-hybridized carbons (Fsp3) is 0.533. The lowest BCUT2D eigenvalue weighted by Crippen LogP contribution is -2.35. The van der Waals surface area contributed by atoms with E-state index < -0.39 is 0 Å². The van der Waals surface area contributed by atoms with Crippen LogP contribution in [-0.4, -0.2) is 12.5 Å². The Morgan fingerprint density at radius 1 is 1.39 bits per heavy atom. The maximum atomic E-state index is 12.2. The Bertz CT molecular complexity index is 429. The third-order valence-electron chi connectivity index (χ3n) is 3.52. The summed E-state index contributed by atoms with van der Waals surface area (Å²) in [5, 5.41) is 0. The van der Waals surface area contributed by atoms with E-state index in [1.165, 1.54) is 5.56 Å². The summed E-state index contributed by atoms with van der Waals surface area (Å²) in [6.07, 6.45) is 6.01. The van der Waals surface area contributed by atoms with Crippen LogP contribution >= 0.6 is 0 Å². The number of hydrogen-bond donors (Lipinski definition) is 1. The zero-order valence-electron chi connectivity index (χ0n) is 11.1. The van der Waals surface area contributed by atoms with E-state index in [9.17, 15) is 4.79 Å². The fourth-order valence-corrected chi connectivity index (χ4v) is 2.54. The standard InChI is InChI=1S/C15H22N2O/c1-2-3-4-7-15(18)17-10-5-6-12-11-13(16)8-9-14(12)17/h8-9,11H,2-7,10,16H2,1H3. The molecule has 3 heteroatoms. The summed E-state index contributed by atoms with van der Waals surface area (Å²) < 4.78 is 0. The smallest absolute Gasteiger partial charge is 0.226 e. The lowest BCUT2D eigenvalue weighted by Gasteiger charge is -2.29. The maximum absolute atomic E-state index is 12.2. The molecule has 0 radical (unpaired) electrons. The highest BCUT2D eigenvalue weighted by Gasteiger charge is 2.21. The second-order valence-corrected chi connectivity index (χ2v) is 4.99. The Kier molecular flexibility index (Phi) is 4.24. The van der Waals surface area contributed by atoms with Gasteiger partial charge in [0.05, 0.1) is 0 Å². The number of anilines is 2. The van der Waals surface area contributed by atoms with Gasteiger partial charge in [-0.1, -0.05) is 19.8 Å². The van der Waals surface area contributed by atoms with Crippen molar-refractivity contribution in [1.82, 2.24) is 0 Å². The summed E-state index contributed by atoms with van der Waals surface area (Å²) >= 11 is 0. The van der Waals surface area contributed by atoms with Crippen molar-refractivity contribution in [2.24, 2.45) is 0 Å². The molecular weight excluding hydrogens is 224 g/mol. The molecule has 0 unspecified atom stereocenters. The summed E-state index contributed by atoms with van der Waals surface area (Å²) in [4.78, 5) is 14.2. The van der Waals surface area contributed by atoms with Crippen LogP contribution in [0.1, 0.15) is 44.6 Å². The average Bonchev–Trinajstić information content (AvgIpc) is 2.37. The van der Waals surface area contributed by atoms with Crippen molar-refractivity contribution < 1.29 is 4.79 Å². The number of nitrogens with zero attached hydrogens (tertiary/aromatic N) is 1. The van der Waals surface area contributed by atoms with Gasteiger partial charge in [-0.3, -0.25) is 4.79 Å². The van der Waals surface area contributed by atoms with Crippen molar-refractivity contribution in [2.45, 2.75) is 45.4 Å². The minimum absolute atomic E-state index is 0.258. The van der Waals surface area contributed by atoms with Gasteiger partial charge in [-0.15, -0.1) is 0 Å². The first-order valence-electron chi connectivity index (χ1n) is 6.91. The number of rotatable bonds is 4. The number of carbonyl (C=O) groups is 1. The number of amides is 1. The highest BCUT2D eigenvalue weighted by Crippen LogP contribution is 2.29. The molecule has 2 rings (SSSR count). The molecule has 0 saturated heterocycles. The number of hydrogen-bond acceptors (Lipinski definition) is 2. The van der Waals surface area contributed by atoms with Gasteiger partial charge >= 0.3 is 0 Å². The lowest BCUT2D eigenvalue weighted by atomic mass is 10.0. The molecule has 0 atom stereocenters. The van der Waals surface area contributed by atoms with Crippen molar-refractivity contribution in [3.05, 3.63) is 23.8 Å². The predicted octanol–water partition coefficient (Wildman–Crippen LogP) is 3.13. The van der Waals surface area contributed by atoms with Crippen LogP contribution in [0.25, 0.3) is 0 Å². The van der Waals surface area contributed by atoms with Gasteiger partial charge < -0.3 is 10.6 Å². The summed E-state index contributed by atoms with van der Waals surface area (Å²) in [6.45, 7) is 3.01. The highest BCUT2D eigenvalue weighted by atomic mass is 16.2. The molecule has 1 aliphatic rings. The molecule has 0 saturated carbocycles. The third-order valence-corrected chi connectivity index (χ3v) is 3.52. The van der Waals surface area contributed by atoms with E-state index in [0.717, 1.165) is 50.0 Å². The van der Waals surface area contributed by atoms with Gasteiger partial charge in [0.25, 0.3) is 0 Å². The van der Waals surface area contributed by atoms with Crippen molar-refractivity contribution in [1.29, 1.82) is 0 Å². The molecule has 0 fully saturated rings. The third kappa shape index (κ3) is 2.84. The van der Waals surface area contributed by atoms with Crippen LogP contribution in [0.3, 0.4) is 0 Å². The van der Waals surface area contributed by atoms with Crippen LogP contribution in [0.15, 0.2) is 18.2 Å². The Labute approximate surface area is 109 Å². The number of aryl methyl sites for hydroxylation is 1. The number of unbranched alkanes of at least 4 members (excludes halogenated alkanes) is 2. The first-order valence-corrected chi connectivity index (χ1v) is 6.91. The molecule has 1 aromatic carbocycles. The van der Waals surface area contributed by atoms with E-state index in [2.05, 4.69) is 6.92 Å². The van der Waals surface area contributed by atoms with Crippen LogP contribution < -0.4 is 10.6 Å². The van der Waals surface area contributed by atoms with E-state index in [0.29, 0.717) is 6.42 Å². The molecule has 1 heterocycles. The second-order valence-electron chi connectivity index (χ2n) is 4.99. The fourth-order valence-electron chi connectivity index (χ4n) is 2.54. The average molecular weight is 246 g/mol. The number of nitrogens with two attached hydrogens (primary N) is 1. The zero-order chi connectivity index (χ0) is 13.0. The highest BCUT2D eigenvalue weighted by molar-refractivity contribution is 5.94. The summed E-state index contributed by atoms with van der Waals surface area (Å²) in [5.74, 6) is 0.258. The van der Waals surface area contributed by atoms with Crippen LogP contribution in [0, 0.1) is 0 Å². The SMILES string of the molecule is CCCCCC(=O)N1CCCc2cc(N)ccc21. The Balaban J connectivity index is 2.09. The van der Waals surface area contributed by atoms with Gasteiger partial charge in [0.1, 0.15) is 0 Å². The molecule has 1 aliphatic heterocycles. The summed E-state index contributed by atoms with van der Waals surface area (Å²) in [6, 6.07) is 5.87. The van der Waals surface area contributed by atoms with E-state index in [1.54, 1.807) is 0 Å². The molecule has 0 aliphatic carbocycles. The van der Waals surface area contributed by atoms with E-state index in [-0.39, 0.29) is 5.91 Å². The molecule has 2 N–H and O–H groups in total. The van der Waals surface area contributed by atoms with Gasteiger partial charge in [0.15, 0.2) is 0 Å². The first kappa shape index (κ1) is 12.9. The molecule has 1 amide bonds. The minimum atomic E-state index is 0.258. The number of benzene rings is 1. The predicted molar refractivity (Wildman–Crippen MR) is 75.7 cm³/mol. The van der Waals surface area contributed by atoms with Crippen LogP contribution in [-0.2, 0) is 11.2 Å². The van der Waals surface area contributed by atoms with Gasteiger partial charge in [0, 0.05) is 24.3 Å². The monoisotopic (exact) mass is 246 g/mol. The van der Waals surface area contributed by atoms with Crippen molar-refractivity contribution in [3.63, 3.8) is 0 Å². The Morgan fingerprint density at radius 2 is 2.22 bits per heavy atom. The molecule has 0 aromatic heterocycles. The largest absolute Gasteiger partial charge is 0.399 e.